The smallest absolute Gasteiger partial charge is 0.703 e. The number of ether oxygens (including phenoxy) is 2. The van der Waals surface area contributed by atoms with Gasteiger partial charge in [-0.25, -0.2) is 0 Å². The number of thioether (sulfide) groups is 1. The van der Waals surface area contributed by atoms with E-state index in [0.717, 1.165) is 32.1 Å². The molecule has 1 fully saturated rings. The Bertz CT molecular complexity index is 465. The Kier molecular flexibility index (Phi) is 11.7. The van der Waals surface area contributed by atoms with Crippen LogP contribution in [0.2, 0.25) is 0 Å². The predicted molar refractivity (Wildman–Crippen MR) is 104 cm³/mol. The van der Waals surface area contributed by atoms with Gasteiger partial charge in [-0.2, -0.15) is 0 Å². The average Bonchev–Trinajstić information content (AvgIpc) is 3.06. The second-order valence-electron chi connectivity index (χ2n) is 7.12. The summed E-state index contributed by atoms with van der Waals surface area (Å²) in [6.45, 7) is 4.89. The van der Waals surface area contributed by atoms with Crippen LogP contribution in [0.3, 0.4) is 0 Å². The van der Waals surface area contributed by atoms with Crippen LogP contribution in [0.25, 0.3) is 0 Å². The quantitative estimate of drug-likeness (QED) is 0.313. The molecule has 0 aliphatic carbocycles. The summed E-state index contributed by atoms with van der Waals surface area (Å²) < 4.78 is 29.2. The van der Waals surface area contributed by atoms with E-state index in [4.69, 9.17) is 14.0 Å². The van der Waals surface area contributed by atoms with Gasteiger partial charge in [0.2, 0.25) is 0 Å². The standard InChI is InChI=1S/C17H33NO5PS.H2O/c1-7-9-11-14(8-2)25-16(15-12-10-13-22-15)17(21-6,18(3,4)5)23-24(19)20;/h8,15-16H,7,9-13H2,1-6H3;1H2/q+1;. The van der Waals surface area contributed by atoms with Crippen LogP contribution in [0.15, 0.2) is 11.0 Å². The van der Waals surface area contributed by atoms with E-state index < -0.39 is 14.2 Å². The van der Waals surface area contributed by atoms with Gasteiger partial charge in [-0.05, 0) is 42.0 Å². The highest BCUT2D eigenvalue weighted by atomic mass is 32.2. The lowest BCUT2D eigenvalue weighted by Crippen LogP contribution is -2.67. The summed E-state index contributed by atoms with van der Waals surface area (Å²) in [6, 6.07) is 0. The van der Waals surface area contributed by atoms with Crippen molar-refractivity contribution in [3.8, 4) is 0 Å². The maximum absolute atomic E-state index is 11.6. The average molecular weight is 413 g/mol. The molecule has 0 radical (unpaired) electrons. The fourth-order valence-electron chi connectivity index (χ4n) is 3.11. The monoisotopic (exact) mass is 412 g/mol. The van der Waals surface area contributed by atoms with Crippen LogP contribution in [0, 0.1) is 0 Å². The summed E-state index contributed by atoms with van der Waals surface area (Å²) in [5.74, 6) is -1.29. The molecule has 0 bridgehead atoms. The third-order valence-corrected chi connectivity index (χ3v) is 6.49. The number of nitrogens with zero attached hydrogens (tertiary/aromatic N) is 1. The van der Waals surface area contributed by atoms with Crippen LogP contribution < -0.4 is 0 Å². The van der Waals surface area contributed by atoms with Gasteiger partial charge in [0.15, 0.2) is 5.25 Å². The van der Waals surface area contributed by atoms with Crippen molar-refractivity contribution in [3.63, 3.8) is 0 Å². The first-order chi connectivity index (χ1) is 11.7. The van der Waals surface area contributed by atoms with Crippen molar-refractivity contribution < 1.29 is 33.4 Å². The summed E-state index contributed by atoms with van der Waals surface area (Å²) in [5, 5.41) is -0.255. The zero-order chi connectivity index (χ0) is 19.1. The Morgan fingerprint density at radius 3 is 2.54 bits per heavy atom. The largest absolute Gasteiger partial charge is 0.870 e. The van der Waals surface area contributed by atoms with Crippen molar-refractivity contribution in [2.45, 2.75) is 63.2 Å². The molecule has 0 spiro atoms. The number of rotatable bonds is 11. The summed E-state index contributed by atoms with van der Waals surface area (Å²) in [5.41, 5.74) is 0. The Labute approximate surface area is 162 Å². The number of hydrogen-bond acceptors (Lipinski definition) is 6. The van der Waals surface area contributed by atoms with E-state index in [1.807, 2.05) is 28.1 Å². The molecule has 4 atom stereocenters. The van der Waals surface area contributed by atoms with Gasteiger partial charge in [-0.3, -0.25) is 4.48 Å². The predicted octanol–water partition coefficient (Wildman–Crippen LogP) is 3.86. The van der Waals surface area contributed by atoms with Crippen LogP contribution in [-0.2, 0) is 18.6 Å². The molecule has 1 aliphatic heterocycles. The first-order valence-electron chi connectivity index (χ1n) is 8.87. The minimum atomic E-state index is -2.82. The van der Waals surface area contributed by atoms with Gasteiger partial charge in [0.1, 0.15) is 0 Å². The minimum absolute atomic E-state index is 0. The second-order valence-corrected chi connectivity index (χ2v) is 9.05. The summed E-state index contributed by atoms with van der Waals surface area (Å²) in [4.78, 5) is 10.8. The van der Waals surface area contributed by atoms with E-state index in [1.165, 1.54) is 12.0 Å². The van der Waals surface area contributed by atoms with Gasteiger partial charge in [0, 0.05) is 18.3 Å². The van der Waals surface area contributed by atoms with Gasteiger partial charge < -0.3 is 14.9 Å². The third-order valence-electron chi connectivity index (χ3n) is 4.48. The van der Waals surface area contributed by atoms with Crippen molar-refractivity contribution in [2.75, 3.05) is 34.9 Å². The molecule has 0 saturated carbocycles. The zero-order valence-corrected chi connectivity index (χ0v) is 18.5. The Morgan fingerprint density at radius 1 is 1.50 bits per heavy atom. The number of quaternary nitrogens is 1. The lowest BCUT2D eigenvalue weighted by molar-refractivity contribution is -0.975. The van der Waals surface area contributed by atoms with E-state index >= 15 is 0 Å². The van der Waals surface area contributed by atoms with Gasteiger partial charge in [-0.1, -0.05) is 19.4 Å². The van der Waals surface area contributed by atoms with Gasteiger partial charge in [0.25, 0.3) is 0 Å². The van der Waals surface area contributed by atoms with E-state index in [0.29, 0.717) is 6.61 Å². The van der Waals surface area contributed by atoms with Crippen molar-refractivity contribution in [2.24, 2.45) is 0 Å². The highest BCUT2D eigenvalue weighted by molar-refractivity contribution is 8.03. The molecule has 154 valence electrons. The molecule has 0 aromatic carbocycles. The van der Waals surface area contributed by atoms with Crippen LogP contribution in [0.1, 0.15) is 46.0 Å². The molecular weight excluding hydrogens is 377 g/mol. The topological polar surface area (TPSA) is 95.0 Å². The molecule has 2 N–H and O–H groups in total. The van der Waals surface area contributed by atoms with E-state index in [2.05, 4.69) is 13.0 Å². The van der Waals surface area contributed by atoms with Crippen molar-refractivity contribution >= 4 is 20.0 Å². The first kappa shape index (κ1) is 26.0. The molecule has 26 heavy (non-hydrogen) atoms. The molecule has 1 aliphatic rings. The molecule has 1 rings (SSSR count). The second kappa shape index (κ2) is 11.7. The summed E-state index contributed by atoms with van der Waals surface area (Å²) in [7, 11) is 4.44. The number of hydrogen-bond donors (Lipinski definition) is 1. The molecule has 0 aromatic rings. The fraction of sp³-hybridized carbons (Fsp3) is 0.882. The van der Waals surface area contributed by atoms with E-state index in [9.17, 15) is 9.46 Å². The lowest BCUT2D eigenvalue weighted by Gasteiger charge is -2.44. The Balaban J connectivity index is 0.00000625. The highest BCUT2D eigenvalue weighted by Gasteiger charge is 2.62. The fourth-order valence-corrected chi connectivity index (χ4v) is 5.54. The minimum Gasteiger partial charge on any atom is -0.870 e. The van der Waals surface area contributed by atoms with Gasteiger partial charge >= 0.3 is 14.2 Å². The van der Waals surface area contributed by atoms with Crippen molar-refractivity contribution in [1.82, 2.24) is 0 Å². The number of unbranched alkanes of at least 4 members (excludes halogenated alkanes) is 1. The van der Waals surface area contributed by atoms with Crippen LogP contribution >= 0.6 is 20.0 Å². The van der Waals surface area contributed by atoms with Crippen LogP contribution in [0.5, 0.6) is 0 Å². The van der Waals surface area contributed by atoms with Crippen LogP contribution in [0.4, 0.5) is 0 Å². The molecule has 1 heterocycles. The highest BCUT2D eigenvalue weighted by Crippen LogP contribution is 2.46. The van der Waals surface area contributed by atoms with Gasteiger partial charge in [-0.15, -0.1) is 16.7 Å². The zero-order valence-electron chi connectivity index (χ0n) is 16.8. The number of methoxy groups -OCH3 is 1. The summed E-state index contributed by atoms with van der Waals surface area (Å²) >= 11 is 1.66. The maximum Gasteiger partial charge on any atom is 0.703 e. The van der Waals surface area contributed by atoms with Gasteiger partial charge in [0.05, 0.1) is 27.2 Å². The maximum atomic E-state index is 11.6. The van der Waals surface area contributed by atoms with E-state index in [1.54, 1.807) is 11.8 Å². The summed E-state index contributed by atoms with van der Waals surface area (Å²) in [6.07, 6.45) is 7.08. The molecule has 0 amide bonds. The normalized spacial score (nSPS) is 22.5. The molecule has 4 unspecified atom stereocenters. The molecular formula is C17H35NO6PS+. The lowest BCUT2D eigenvalue weighted by atomic mass is 10.1. The Morgan fingerprint density at radius 2 is 2.15 bits per heavy atom. The van der Waals surface area contributed by atoms with E-state index in [-0.39, 0.29) is 21.3 Å². The van der Waals surface area contributed by atoms with Crippen molar-refractivity contribution in [1.29, 1.82) is 0 Å². The number of allylic oxidation sites excluding steroid dienone is 2. The first-order valence-corrected chi connectivity index (χ1v) is 10.9. The van der Waals surface area contributed by atoms with Crippen molar-refractivity contribution in [3.05, 3.63) is 11.0 Å². The Hall–Kier alpha value is -0.0500. The molecule has 0 aromatic heterocycles. The molecule has 9 heteroatoms. The van der Waals surface area contributed by atoms with Crippen LogP contribution in [-0.4, -0.2) is 67.0 Å². The third kappa shape index (κ3) is 6.53. The molecule has 7 nitrogen and oxygen atoms in total. The SMILES string of the molecule is CC=C(CCCC)SC(C1CCCO1)C(OC)(O[P+](=O)O)[N+](C)(C)C.[OH-]. The molecule has 1 saturated heterocycles.